The van der Waals surface area contributed by atoms with Crippen LogP contribution in [0.25, 0.3) is 0 Å². The van der Waals surface area contributed by atoms with Crippen molar-refractivity contribution in [1.82, 2.24) is 4.57 Å². The number of hydrogen-bond donors (Lipinski definition) is 1. The molecule has 0 spiro atoms. The lowest BCUT2D eigenvalue weighted by Gasteiger charge is -2.16. The van der Waals surface area contributed by atoms with Gasteiger partial charge in [0.05, 0.1) is 0 Å². The molecule has 1 heterocycles. The van der Waals surface area contributed by atoms with E-state index in [0.29, 0.717) is 5.56 Å². The summed E-state index contributed by atoms with van der Waals surface area (Å²) in [5.74, 6) is -1.85. The number of aromatic nitrogens is 1. The van der Waals surface area contributed by atoms with Crippen LogP contribution in [0.15, 0.2) is 41.2 Å². The van der Waals surface area contributed by atoms with Crippen molar-refractivity contribution in [2.75, 3.05) is 0 Å². The molecule has 0 saturated heterocycles. The number of halogens is 2. The molecule has 2 N–H and O–H groups in total. The third-order valence-electron chi connectivity index (χ3n) is 3.02. The minimum Gasteiger partial charge on any atom is -0.322 e. The molecule has 2 rings (SSSR count). The maximum Gasteiger partial charge on any atom is 0.250 e. The van der Waals surface area contributed by atoms with E-state index < -0.39 is 17.7 Å². The van der Waals surface area contributed by atoms with E-state index >= 15 is 0 Å². The first-order valence-corrected chi connectivity index (χ1v) is 5.86. The Morgan fingerprint density at radius 3 is 2.58 bits per heavy atom. The van der Waals surface area contributed by atoms with Gasteiger partial charge in [-0.3, -0.25) is 4.79 Å². The van der Waals surface area contributed by atoms with Gasteiger partial charge in [-0.05, 0) is 30.7 Å². The van der Waals surface area contributed by atoms with Gasteiger partial charge in [-0.2, -0.15) is 0 Å². The van der Waals surface area contributed by atoms with Crippen molar-refractivity contribution in [3.63, 3.8) is 0 Å². The summed E-state index contributed by atoms with van der Waals surface area (Å²) in [4.78, 5) is 11.7. The summed E-state index contributed by atoms with van der Waals surface area (Å²) in [6, 6.07) is 7.83. The molecule has 5 heteroatoms. The molecule has 0 aliphatic carbocycles. The van der Waals surface area contributed by atoms with E-state index in [4.69, 9.17) is 5.73 Å². The van der Waals surface area contributed by atoms with Crippen molar-refractivity contribution < 1.29 is 8.78 Å². The van der Waals surface area contributed by atoms with Gasteiger partial charge in [-0.25, -0.2) is 8.78 Å². The molecule has 1 aromatic heterocycles. The molecular weight excluding hydrogens is 250 g/mol. The molecule has 100 valence electrons. The summed E-state index contributed by atoms with van der Waals surface area (Å²) in [5, 5.41) is 0. The van der Waals surface area contributed by atoms with Crippen molar-refractivity contribution in [3.8, 4) is 0 Å². The van der Waals surface area contributed by atoms with Crippen LogP contribution in [0.4, 0.5) is 8.78 Å². The molecule has 0 fully saturated rings. The first kappa shape index (κ1) is 13.4. The largest absolute Gasteiger partial charge is 0.322 e. The lowest BCUT2D eigenvalue weighted by molar-refractivity contribution is 0.499. The third-order valence-corrected chi connectivity index (χ3v) is 3.02. The van der Waals surface area contributed by atoms with Crippen molar-refractivity contribution in [1.29, 1.82) is 0 Å². The Labute approximate surface area is 109 Å². The van der Waals surface area contributed by atoms with Crippen LogP contribution in [0, 0.1) is 18.6 Å². The van der Waals surface area contributed by atoms with Crippen molar-refractivity contribution in [2.24, 2.45) is 5.73 Å². The maximum absolute atomic E-state index is 13.1. The molecule has 1 aromatic carbocycles. The molecule has 0 aliphatic heterocycles. The minimum absolute atomic E-state index is 0.168. The molecule has 19 heavy (non-hydrogen) atoms. The fourth-order valence-electron chi connectivity index (χ4n) is 1.90. The zero-order valence-electron chi connectivity index (χ0n) is 10.4. The van der Waals surface area contributed by atoms with Gasteiger partial charge in [0.1, 0.15) is 0 Å². The van der Waals surface area contributed by atoms with E-state index in [0.717, 1.165) is 17.8 Å². The molecule has 2 aromatic rings. The Bertz CT molecular complexity index is 652. The Morgan fingerprint density at radius 2 is 1.95 bits per heavy atom. The zero-order chi connectivity index (χ0) is 14.0. The van der Waals surface area contributed by atoms with E-state index in [9.17, 15) is 13.6 Å². The van der Waals surface area contributed by atoms with Crippen LogP contribution in [0.3, 0.4) is 0 Å². The Balaban J connectivity index is 2.28. The molecular formula is C14H14F2N2O. The van der Waals surface area contributed by atoms with Gasteiger partial charge in [0.2, 0.25) is 0 Å². The van der Waals surface area contributed by atoms with Gasteiger partial charge in [-0.1, -0.05) is 12.1 Å². The van der Waals surface area contributed by atoms with E-state index in [2.05, 4.69) is 0 Å². The summed E-state index contributed by atoms with van der Waals surface area (Å²) in [6.45, 7) is 2.01. The molecule has 0 bridgehead atoms. The lowest BCUT2D eigenvalue weighted by atomic mass is 10.1. The number of rotatable bonds is 3. The predicted octanol–water partition coefficient (Wildman–Crippen LogP) is 2.13. The second-order valence-corrected chi connectivity index (χ2v) is 4.40. The lowest BCUT2D eigenvalue weighted by Crippen LogP contribution is -2.27. The maximum atomic E-state index is 13.1. The van der Waals surface area contributed by atoms with Crippen LogP contribution in [-0.4, -0.2) is 4.57 Å². The Kier molecular flexibility index (Phi) is 3.76. The molecule has 3 nitrogen and oxygen atoms in total. The summed E-state index contributed by atoms with van der Waals surface area (Å²) in [5.41, 5.74) is 6.99. The SMILES string of the molecule is Cc1cccc(=O)n1CC(N)c1ccc(F)c(F)c1. The van der Waals surface area contributed by atoms with Gasteiger partial charge in [-0.15, -0.1) is 0 Å². The molecule has 1 atom stereocenters. The second kappa shape index (κ2) is 5.32. The summed E-state index contributed by atoms with van der Waals surface area (Å²) >= 11 is 0. The fourth-order valence-corrected chi connectivity index (χ4v) is 1.90. The van der Waals surface area contributed by atoms with Gasteiger partial charge in [0.25, 0.3) is 5.56 Å². The van der Waals surface area contributed by atoms with Crippen molar-refractivity contribution >= 4 is 0 Å². The minimum atomic E-state index is -0.940. The molecule has 0 aliphatic rings. The second-order valence-electron chi connectivity index (χ2n) is 4.40. The Hall–Kier alpha value is -2.01. The average Bonchev–Trinajstić information content (AvgIpc) is 2.37. The van der Waals surface area contributed by atoms with Crippen LogP contribution in [0.1, 0.15) is 17.3 Å². The smallest absolute Gasteiger partial charge is 0.250 e. The highest BCUT2D eigenvalue weighted by Gasteiger charge is 2.11. The average molecular weight is 264 g/mol. The highest BCUT2D eigenvalue weighted by molar-refractivity contribution is 5.21. The molecule has 0 radical (unpaired) electrons. The highest BCUT2D eigenvalue weighted by Crippen LogP contribution is 2.16. The van der Waals surface area contributed by atoms with Gasteiger partial charge in [0.15, 0.2) is 11.6 Å². The topological polar surface area (TPSA) is 48.0 Å². The number of nitrogens with two attached hydrogens (primary N) is 1. The van der Waals surface area contributed by atoms with Crippen LogP contribution >= 0.6 is 0 Å². The number of aryl methyl sites for hydroxylation is 1. The fraction of sp³-hybridized carbons (Fsp3) is 0.214. The number of pyridine rings is 1. The standard InChI is InChI=1S/C14H14F2N2O/c1-9-3-2-4-14(19)18(9)8-13(17)10-5-6-11(15)12(16)7-10/h2-7,13H,8,17H2,1H3. The van der Waals surface area contributed by atoms with Crippen LogP contribution in [-0.2, 0) is 6.54 Å². The predicted molar refractivity (Wildman–Crippen MR) is 68.7 cm³/mol. The van der Waals surface area contributed by atoms with Crippen LogP contribution < -0.4 is 11.3 Å². The van der Waals surface area contributed by atoms with Crippen LogP contribution in [0.2, 0.25) is 0 Å². The Morgan fingerprint density at radius 1 is 1.21 bits per heavy atom. The number of hydrogen-bond acceptors (Lipinski definition) is 2. The first-order valence-electron chi connectivity index (χ1n) is 5.86. The number of nitrogens with zero attached hydrogens (tertiary/aromatic N) is 1. The summed E-state index contributed by atoms with van der Waals surface area (Å²) in [7, 11) is 0. The number of benzene rings is 1. The first-order chi connectivity index (χ1) is 8.99. The highest BCUT2D eigenvalue weighted by atomic mass is 19.2. The monoisotopic (exact) mass is 264 g/mol. The molecule has 0 saturated carbocycles. The summed E-state index contributed by atoms with van der Waals surface area (Å²) < 4.78 is 27.5. The normalized spacial score (nSPS) is 12.4. The van der Waals surface area contributed by atoms with Crippen molar-refractivity contribution in [2.45, 2.75) is 19.5 Å². The van der Waals surface area contributed by atoms with Gasteiger partial charge < -0.3 is 10.3 Å². The van der Waals surface area contributed by atoms with E-state index in [-0.39, 0.29) is 12.1 Å². The third kappa shape index (κ3) is 2.88. The van der Waals surface area contributed by atoms with E-state index in [1.54, 1.807) is 19.1 Å². The molecule has 1 unspecified atom stereocenters. The van der Waals surface area contributed by atoms with Gasteiger partial charge in [0, 0.05) is 24.3 Å². The molecule has 0 amide bonds. The zero-order valence-corrected chi connectivity index (χ0v) is 10.4. The quantitative estimate of drug-likeness (QED) is 0.923. The van der Waals surface area contributed by atoms with Gasteiger partial charge >= 0.3 is 0 Å². The van der Waals surface area contributed by atoms with Crippen LogP contribution in [0.5, 0.6) is 0 Å². The summed E-state index contributed by atoms with van der Waals surface area (Å²) in [6.07, 6.45) is 0. The van der Waals surface area contributed by atoms with E-state index in [1.807, 2.05) is 0 Å². The van der Waals surface area contributed by atoms with E-state index in [1.165, 1.54) is 16.7 Å². The van der Waals surface area contributed by atoms with Crippen molar-refractivity contribution in [3.05, 3.63) is 69.6 Å².